The standard InChI is InChI=1S/C13H16N2O2S2/c1-18-13(7-2-8-13)10-15-19(16,17)12-5-3-11(9-14)4-6-12/h3-6,15H,2,7-8,10H2,1H3. The second kappa shape index (κ2) is 5.53. The molecule has 19 heavy (non-hydrogen) atoms. The maximum atomic E-state index is 12.1. The lowest BCUT2D eigenvalue weighted by Crippen LogP contribution is -2.45. The molecular weight excluding hydrogens is 280 g/mol. The summed E-state index contributed by atoms with van der Waals surface area (Å²) in [6, 6.07) is 7.93. The molecule has 0 aromatic heterocycles. The first kappa shape index (κ1) is 14.4. The number of hydrogen-bond donors (Lipinski definition) is 1. The van der Waals surface area contributed by atoms with E-state index in [1.807, 2.05) is 12.3 Å². The van der Waals surface area contributed by atoms with Crippen molar-refractivity contribution in [1.29, 1.82) is 5.26 Å². The van der Waals surface area contributed by atoms with Gasteiger partial charge in [0.1, 0.15) is 0 Å². The van der Waals surface area contributed by atoms with E-state index in [1.54, 1.807) is 11.8 Å². The van der Waals surface area contributed by atoms with Crippen molar-refractivity contribution >= 4 is 21.8 Å². The normalized spacial score (nSPS) is 17.5. The summed E-state index contributed by atoms with van der Waals surface area (Å²) < 4.78 is 27.0. The smallest absolute Gasteiger partial charge is 0.210 e. The van der Waals surface area contributed by atoms with E-state index < -0.39 is 10.0 Å². The Morgan fingerprint density at radius 2 is 2.00 bits per heavy atom. The summed E-state index contributed by atoms with van der Waals surface area (Å²) in [5.41, 5.74) is 0.457. The van der Waals surface area contributed by atoms with Gasteiger partial charge in [-0.2, -0.15) is 17.0 Å². The summed E-state index contributed by atoms with van der Waals surface area (Å²) >= 11 is 1.73. The summed E-state index contributed by atoms with van der Waals surface area (Å²) in [6.45, 7) is 0.469. The van der Waals surface area contributed by atoms with Crippen molar-refractivity contribution in [1.82, 2.24) is 4.72 Å². The van der Waals surface area contributed by atoms with E-state index in [0.29, 0.717) is 12.1 Å². The number of nitrogens with zero attached hydrogens (tertiary/aromatic N) is 1. The molecule has 4 nitrogen and oxygen atoms in total. The lowest BCUT2D eigenvalue weighted by atomic mass is 9.84. The molecule has 0 unspecified atom stereocenters. The Bertz CT molecular complexity index is 579. The molecule has 6 heteroatoms. The van der Waals surface area contributed by atoms with E-state index in [4.69, 9.17) is 5.26 Å². The molecule has 2 rings (SSSR count). The number of sulfonamides is 1. The van der Waals surface area contributed by atoms with Gasteiger partial charge in [-0.1, -0.05) is 6.42 Å². The van der Waals surface area contributed by atoms with Crippen molar-refractivity contribution < 1.29 is 8.42 Å². The van der Waals surface area contributed by atoms with Crippen molar-refractivity contribution in [3.05, 3.63) is 29.8 Å². The minimum absolute atomic E-state index is 0.0691. The van der Waals surface area contributed by atoms with Gasteiger partial charge in [-0.05, 0) is 43.4 Å². The Morgan fingerprint density at radius 1 is 1.37 bits per heavy atom. The van der Waals surface area contributed by atoms with Crippen LogP contribution >= 0.6 is 11.8 Å². The molecule has 0 aliphatic heterocycles. The van der Waals surface area contributed by atoms with Gasteiger partial charge in [-0.25, -0.2) is 13.1 Å². The zero-order valence-electron chi connectivity index (χ0n) is 10.7. The number of rotatable bonds is 5. The van der Waals surface area contributed by atoms with E-state index in [0.717, 1.165) is 12.8 Å². The fourth-order valence-electron chi connectivity index (χ4n) is 2.04. The Morgan fingerprint density at radius 3 is 2.42 bits per heavy atom. The SMILES string of the molecule is CSC1(CNS(=O)(=O)c2ccc(C#N)cc2)CCC1. The highest BCUT2D eigenvalue weighted by molar-refractivity contribution is 8.00. The van der Waals surface area contributed by atoms with Gasteiger partial charge >= 0.3 is 0 Å². The minimum Gasteiger partial charge on any atom is -0.210 e. The van der Waals surface area contributed by atoms with Crippen LogP contribution in [0.1, 0.15) is 24.8 Å². The molecule has 1 fully saturated rings. The van der Waals surface area contributed by atoms with Crippen LogP contribution in [0.3, 0.4) is 0 Å². The lowest BCUT2D eigenvalue weighted by molar-refractivity contribution is 0.362. The van der Waals surface area contributed by atoms with Gasteiger partial charge < -0.3 is 0 Å². The summed E-state index contributed by atoms with van der Waals surface area (Å²) in [4.78, 5) is 0.210. The van der Waals surface area contributed by atoms with Gasteiger partial charge in [0, 0.05) is 11.3 Å². The molecule has 0 spiro atoms. The van der Waals surface area contributed by atoms with Crippen LogP contribution in [0, 0.1) is 11.3 Å². The molecule has 1 aliphatic rings. The van der Waals surface area contributed by atoms with Crippen LogP contribution < -0.4 is 4.72 Å². The Balaban J connectivity index is 2.07. The zero-order valence-corrected chi connectivity index (χ0v) is 12.4. The van der Waals surface area contributed by atoms with Crippen LogP contribution in [0.25, 0.3) is 0 Å². The summed E-state index contributed by atoms with van der Waals surface area (Å²) in [5.74, 6) is 0. The van der Waals surface area contributed by atoms with Gasteiger partial charge in [-0.3, -0.25) is 0 Å². The van der Waals surface area contributed by atoms with Crippen LogP contribution in [0.2, 0.25) is 0 Å². The highest BCUT2D eigenvalue weighted by Crippen LogP contribution is 2.42. The summed E-state index contributed by atoms with van der Waals surface area (Å²) in [7, 11) is -3.48. The monoisotopic (exact) mass is 296 g/mol. The van der Waals surface area contributed by atoms with E-state index in [1.165, 1.54) is 30.7 Å². The number of nitrogens with one attached hydrogen (secondary N) is 1. The van der Waals surface area contributed by atoms with Gasteiger partial charge in [0.25, 0.3) is 0 Å². The molecule has 1 N–H and O–H groups in total. The highest BCUT2D eigenvalue weighted by Gasteiger charge is 2.37. The highest BCUT2D eigenvalue weighted by atomic mass is 32.2. The topological polar surface area (TPSA) is 70.0 Å². The van der Waals surface area contributed by atoms with Crippen molar-refractivity contribution in [2.45, 2.75) is 28.9 Å². The number of benzene rings is 1. The largest absolute Gasteiger partial charge is 0.240 e. The minimum atomic E-state index is -3.48. The molecule has 0 saturated heterocycles. The summed E-state index contributed by atoms with van der Waals surface area (Å²) in [5, 5.41) is 8.69. The molecular formula is C13H16N2O2S2. The van der Waals surface area contributed by atoms with Gasteiger partial charge in [0.15, 0.2) is 0 Å². The molecule has 0 amide bonds. The molecule has 1 aromatic carbocycles. The van der Waals surface area contributed by atoms with Gasteiger partial charge in [-0.15, -0.1) is 0 Å². The predicted molar refractivity (Wildman–Crippen MR) is 76.4 cm³/mol. The van der Waals surface area contributed by atoms with Gasteiger partial charge in [0.2, 0.25) is 10.0 Å². The average Bonchev–Trinajstić information content (AvgIpc) is 2.38. The third kappa shape index (κ3) is 3.11. The molecule has 0 radical (unpaired) electrons. The number of nitriles is 1. The van der Waals surface area contributed by atoms with E-state index in [-0.39, 0.29) is 9.64 Å². The van der Waals surface area contributed by atoms with E-state index in [2.05, 4.69) is 4.72 Å². The Hall–Kier alpha value is -1.03. The van der Waals surface area contributed by atoms with Crippen LogP contribution in [0.15, 0.2) is 29.2 Å². The third-order valence-corrected chi connectivity index (χ3v) is 6.41. The van der Waals surface area contributed by atoms with Crippen molar-refractivity contribution in [3.8, 4) is 6.07 Å². The first-order valence-electron chi connectivity index (χ1n) is 6.06. The third-order valence-electron chi connectivity index (χ3n) is 3.58. The van der Waals surface area contributed by atoms with Crippen molar-refractivity contribution in [3.63, 3.8) is 0 Å². The maximum Gasteiger partial charge on any atom is 0.240 e. The molecule has 0 atom stereocenters. The van der Waals surface area contributed by atoms with Crippen LogP contribution in [-0.2, 0) is 10.0 Å². The Kier molecular flexibility index (Phi) is 4.19. The fraction of sp³-hybridized carbons (Fsp3) is 0.462. The molecule has 1 aliphatic carbocycles. The van der Waals surface area contributed by atoms with E-state index in [9.17, 15) is 8.42 Å². The van der Waals surface area contributed by atoms with Crippen LogP contribution in [0.4, 0.5) is 0 Å². The zero-order chi connectivity index (χ0) is 13.9. The van der Waals surface area contributed by atoms with Gasteiger partial charge in [0.05, 0.1) is 16.5 Å². The number of hydrogen-bond acceptors (Lipinski definition) is 4. The fourth-order valence-corrected chi connectivity index (χ4v) is 4.17. The number of thioether (sulfide) groups is 1. The van der Waals surface area contributed by atoms with Crippen molar-refractivity contribution in [2.24, 2.45) is 0 Å². The van der Waals surface area contributed by atoms with Crippen LogP contribution in [-0.4, -0.2) is 26.0 Å². The average molecular weight is 296 g/mol. The summed E-state index contributed by atoms with van der Waals surface area (Å²) in [6.07, 6.45) is 5.31. The molecule has 1 saturated carbocycles. The van der Waals surface area contributed by atoms with E-state index >= 15 is 0 Å². The maximum absolute atomic E-state index is 12.1. The lowest BCUT2D eigenvalue weighted by Gasteiger charge is -2.40. The second-order valence-corrected chi connectivity index (χ2v) is 7.74. The first-order valence-corrected chi connectivity index (χ1v) is 8.77. The predicted octanol–water partition coefficient (Wildman–Crippen LogP) is 2.12. The van der Waals surface area contributed by atoms with Crippen LogP contribution in [0.5, 0.6) is 0 Å². The first-order chi connectivity index (χ1) is 9.01. The second-order valence-electron chi connectivity index (χ2n) is 4.70. The molecule has 1 aromatic rings. The van der Waals surface area contributed by atoms with Crippen molar-refractivity contribution in [2.75, 3.05) is 12.8 Å². The molecule has 102 valence electrons. The quantitative estimate of drug-likeness (QED) is 0.903. The molecule has 0 heterocycles. The Labute approximate surface area is 118 Å². The molecule has 0 bridgehead atoms.